The number of anilines is 3. The summed E-state index contributed by atoms with van der Waals surface area (Å²) < 4.78 is 3.10. The Balaban J connectivity index is 0.000000141. The number of aromatic nitrogens is 14. The van der Waals surface area contributed by atoms with Gasteiger partial charge in [-0.25, -0.2) is 59.2 Å². The van der Waals surface area contributed by atoms with Crippen LogP contribution in [0.5, 0.6) is 0 Å². The maximum Gasteiger partial charge on any atom is 0.225 e. The van der Waals surface area contributed by atoms with E-state index in [9.17, 15) is 0 Å². The molecule has 61 heavy (non-hydrogen) atoms. The molecule has 0 amide bonds. The zero-order valence-corrected chi connectivity index (χ0v) is 35.9. The molecule has 4 fully saturated rings. The Hall–Kier alpha value is -5.17. The molecule has 4 atom stereocenters. The Kier molecular flexibility index (Phi) is 14.4. The largest absolute Gasteiger partial charge is 0.369 e. The summed E-state index contributed by atoms with van der Waals surface area (Å²) in [4.78, 5) is 46.1. The minimum absolute atomic E-state index is 0.360. The van der Waals surface area contributed by atoms with E-state index in [1.165, 1.54) is 87.4 Å². The van der Waals surface area contributed by atoms with Crippen molar-refractivity contribution in [2.45, 2.75) is 51.4 Å². The molecule has 6 aromatic rings. The second-order valence-electron chi connectivity index (χ2n) is 15.8. The first-order valence-corrected chi connectivity index (χ1v) is 21.9. The molecule has 3 N–H and O–H groups in total. The number of hydrogen-bond donors (Lipinski definition) is 2. The maximum absolute atomic E-state index is 5.89. The summed E-state index contributed by atoms with van der Waals surface area (Å²) in [6.45, 7) is 5.97. The summed E-state index contributed by atoms with van der Waals surface area (Å²) in [7, 11) is 0. The third kappa shape index (κ3) is 11.8. The first-order chi connectivity index (χ1) is 29.9. The molecule has 21 heteroatoms. The lowest BCUT2D eigenvalue weighted by atomic mass is 9.90. The Bertz CT molecular complexity index is 2180. The van der Waals surface area contributed by atoms with Crippen molar-refractivity contribution in [3.8, 4) is 11.6 Å². The Morgan fingerprint density at radius 2 is 1.07 bits per heavy atom. The molecule has 0 aromatic carbocycles. The van der Waals surface area contributed by atoms with Gasteiger partial charge in [0.15, 0.2) is 11.6 Å². The van der Waals surface area contributed by atoms with Crippen LogP contribution in [0.3, 0.4) is 0 Å². The molecule has 0 radical (unpaired) electrons. The molecule has 0 unspecified atom stereocenters. The van der Waals surface area contributed by atoms with E-state index in [-0.39, 0.29) is 0 Å². The van der Waals surface area contributed by atoms with Crippen LogP contribution in [0.1, 0.15) is 51.4 Å². The van der Waals surface area contributed by atoms with Crippen LogP contribution < -0.4 is 20.9 Å². The highest BCUT2D eigenvalue weighted by Gasteiger charge is 2.44. The van der Waals surface area contributed by atoms with Gasteiger partial charge < -0.3 is 20.9 Å². The average molecular weight is 888 g/mol. The SMILES string of the molecule is Clc1cnc(-n2cncn2)cn1.Clc1cnc(N2CCC([C@H]3C[C@H]3CCNc3cnc(-n4cncn4)cn3)CC2)nc1.NCC[C@@H]1C[C@@H]1C1CCN(c2ncc(Cl)cn2)CC1. The Morgan fingerprint density at radius 1 is 0.574 bits per heavy atom. The first-order valence-electron chi connectivity index (χ1n) is 20.8. The number of piperidine rings is 2. The lowest BCUT2D eigenvalue weighted by Crippen LogP contribution is -2.35. The fraction of sp³-hybridized carbons (Fsp3) is 0.500. The predicted molar refractivity (Wildman–Crippen MR) is 233 cm³/mol. The minimum Gasteiger partial charge on any atom is -0.369 e. The van der Waals surface area contributed by atoms with Crippen LogP contribution in [0.15, 0.2) is 74.9 Å². The number of rotatable bonds is 12. The van der Waals surface area contributed by atoms with Crippen LogP contribution in [0.2, 0.25) is 15.2 Å². The number of nitrogens with two attached hydrogens (primary N) is 1. The minimum atomic E-state index is 0.360. The summed E-state index contributed by atoms with van der Waals surface area (Å²) in [5.41, 5.74) is 5.64. The van der Waals surface area contributed by atoms with Gasteiger partial charge in [-0.15, -0.1) is 0 Å². The van der Waals surface area contributed by atoms with E-state index in [0.717, 1.165) is 92.5 Å². The molecular weight excluding hydrogens is 839 g/mol. The predicted octanol–water partition coefficient (Wildman–Crippen LogP) is 5.90. The maximum atomic E-state index is 5.89. The van der Waals surface area contributed by atoms with Crippen LogP contribution in [0, 0.1) is 35.5 Å². The zero-order chi connectivity index (χ0) is 42.0. The molecule has 2 aliphatic carbocycles. The highest BCUT2D eigenvalue weighted by molar-refractivity contribution is 6.30. The fourth-order valence-electron chi connectivity index (χ4n) is 8.56. The quantitative estimate of drug-likeness (QED) is 0.147. The van der Waals surface area contributed by atoms with E-state index in [2.05, 4.69) is 75.2 Å². The summed E-state index contributed by atoms with van der Waals surface area (Å²) in [5.74, 6) is 8.91. The van der Waals surface area contributed by atoms with Gasteiger partial charge in [-0.1, -0.05) is 34.8 Å². The average Bonchev–Trinajstić information content (AvgIpc) is 4.07. The lowest BCUT2D eigenvalue weighted by molar-refractivity contribution is 0.342. The van der Waals surface area contributed by atoms with Crippen molar-refractivity contribution < 1.29 is 0 Å². The van der Waals surface area contributed by atoms with Crippen molar-refractivity contribution in [1.82, 2.24) is 69.4 Å². The monoisotopic (exact) mass is 886 g/mol. The smallest absolute Gasteiger partial charge is 0.225 e. The van der Waals surface area contributed by atoms with Crippen molar-refractivity contribution in [1.29, 1.82) is 0 Å². The lowest BCUT2D eigenvalue weighted by Gasteiger charge is -2.32. The molecule has 4 aliphatic rings. The van der Waals surface area contributed by atoms with Crippen LogP contribution in [0.4, 0.5) is 17.7 Å². The van der Waals surface area contributed by atoms with E-state index < -0.39 is 0 Å². The van der Waals surface area contributed by atoms with E-state index in [1.54, 1.807) is 48.2 Å². The van der Waals surface area contributed by atoms with Gasteiger partial charge in [0.2, 0.25) is 11.9 Å². The summed E-state index contributed by atoms with van der Waals surface area (Å²) in [6, 6.07) is 0. The Morgan fingerprint density at radius 3 is 1.49 bits per heavy atom. The highest BCUT2D eigenvalue weighted by Crippen LogP contribution is 2.50. The van der Waals surface area contributed by atoms with Crippen molar-refractivity contribution in [2.75, 3.05) is 54.4 Å². The molecule has 2 saturated heterocycles. The molecule has 2 saturated carbocycles. The topological polar surface area (TPSA) is 209 Å². The van der Waals surface area contributed by atoms with E-state index in [0.29, 0.717) is 26.8 Å². The van der Waals surface area contributed by atoms with E-state index >= 15 is 0 Å². The Labute approximate surface area is 369 Å². The number of halogens is 3. The van der Waals surface area contributed by atoms with Crippen molar-refractivity contribution in [2.24, 2.45) is 41.2 Å². The standard InChI is InChI=1S/C20H24ClN9.C14H21ClN4.C6H4ClN5/c21-16-8-26-20(27-9-16)29-5-2-14(3-6-29)17-7-15(17)1-4-23-18-10-25-19(11-24-18)30-13-22-12-28-30;15-12-8-17-14(18-9-12)19-5-2-10(3-6-19)13-7-11(13)1-4-16;7-5-1-10-6(2-9-5)12-4-8-3-11-12/h8-15,17H,1-7H2,(H,23,24);8-11,13H,1-7,16H2;1-4H/t15-,17-;11-,13-;/m11./s1. The molecular formula is C40H49Cl3N18. The van der Waals surface area contributed by atoms with Crippen molar-refractivity contribution >= 4 is 52.5 Å². The summed E-state index contributed by atoms with van der Waals surface area (Å²) >= 11 is 17.3. The molecule has 2 aliphatic heterocycles. The van der Waals surface area contributed by atoms with Gasteiger partial charge in [0.05, 0.1) is 59.6 Å². The van der Waals surface area contributed by atoms with Crippen LogP contribution in [-0.2, 0) is 0 Å². The third-order valence-corrected chi connectivity index (χ3v) is 12.5. The summed E-state index contributed by atoms with van der Waals surface area (Å²) in [6.07, 6.45) is 29.3. The number of nitrogens with zero attached hydrogens (tertiary/aromatic N) is 16. The number of nitrogens with one attached hydrogen (secondary N) is 1. The molecule has 0 bridgehead atoms. The van der Waals surface area contributed by atoms with Crippen molar-refractivity contribution in [3.05, 3.63) is 90.1 Å². The highest BCUT2D eigenvalue weighted by atomic mass is 35.5. The van der Waals surface area contributed by atoms with Gasteiger partial charge >= 0.3 is 0 Å². The first kappa shape index (κ1) is 42.5. The van der Waals surface area contributed by atoms with Crippen LogP contribution in [0.25, 0.3) is 11.6 Å². The van der Waals surface area contributed by atoms with Gasteiger partial charge in [0.25, 0.3) is 0 Å². The van der Waals surface area contributed by atoms with Crippen LogP contribution >= 0.6 is 34.8 Å². The van der Waals surface area contributed by atoms with Crippen molar-refractivity contribution in [3.63, 3.8) is 0 Å². The second-order valence-corrected chi connectivity index (χ2v) is 17.1. The molecule has 10 rings (SSSR count). The van der Waals surface area contributed by atoms with E-state index in [4.69, 9.17) is 40.5 Å². The summed E-state index contributed by atoms with van der Waals surface area (Å²) in [5, 5.41) is 12.9. The molecule has 18 nitrogen and oxygen atoms in total. The normalized spacial score (nSPS) is 21.2. The van der Waals surface area contributed by atoms with Gasteiger partial charge in [-0.3, -0.25) is 0 Å². The third-order valence-electron chi connectivity index (χ3n) is 11.9. The van der Waals surface area contributed by atoms with E-state index in [1.807, 2.05) is 0 Å². The van der Waals surface area contributed by atoms with Gasteiger partial charge in [-0.05, 0) is 93.4 Å². The fourth-order valence-corrected chi connectivity index (χ4v) is 8.85. The number of hydrogen-bond acceptors (Lipinski definition) is 16. The van der Waals surface area contributed by atoms with Gasteiger partial charge in [-0.2, -0.15) is 10.2 Å². The second kappa shape index (κ2) is 20.6. The van der Waals surface area contributed by atoms with Gasteiger partial charge in [0, 0.05) is 32.7 Å². The molecule has 0 spiro atoms. The molecule has 6 aromatic heterocycles. The zero-order valence-electron chi connectivity index (χ0n) is 33.7. The molecule has 320 valence electrons. The van der Waals surface area contributed by atoms with Gasteiger partial charge in [0.1, 0.15) is 36.3 Å². The van der Waals surface area contributed by atoms with Crippen LogP contribution in [-0.4, -0.2) is 109 Å². The molecule has 8 heterocycles.